The van der Waals surface area contributed by atoms with E-state index in [1.54, 1.807) is 0 Å². The summed E-state index contributed by atoms with van der Waals surface area (Å²) in [5, 5.41) is 0. The summed E-state index contributed by atoms with van der Waals surface area (Å²) >= 11 is 0. The molecule has 0 spiro atoms. The smallest absolute Gasteiger partial charge is 0.0301 e. The minimum Gasteiger partial charge on any atom is -0.0992 e. The largest absolute Gasteiger partial charge is 0.0992 e. The predicted octanol–water partition coefficient (Wildman–Crippen LogP) is 8.95. The highest BCUT2D eigenvalue weighted by Crippen LogP contribution is 2.42. The fraction of sp³-hybridized carbons (Fsp3) is 0.312. The van der Waals surface area contributed by atoms with Gasteiger partial charge in [0.2, 0.25) is 0 Å². The maximum Gasteiger partial charge on any atom is 0.0301 e. The van der Waals surface area contributed by atoms with Gasteiger partial charge in [-0.2, -0.15) is 0 Å². The zero-order valence-electron chi connectivity index (χ0n) is 21.2. The third-order valence-corrected chi connectivity index (χ3v) is 6.93. The van der Waals surface area contributed by atoms with Crippen LogP contribution in [0.4, 0.5) is 0 Å². The fourth-order valence-electron chi connectivity index (χ4n) is 5.40. The first kappa shape index (κ1) is 23.8. The summed E-state index contributed by atoms with van der Waals surface area (Å²) in [4.78, 5) is 0. The molecule has 0 amide bonds. The quantitative estimate of drug-likeness (QED) is 0.348. The average Bonchev–Trinajstić information content (AvgIpc) is 2.69. The van der Waals surface area contributed by atoms with Gasteiger partial charge in [0.25, 0.3) is 0 Å². The van der Waals surface area contributed by atoms with Crippen molar-refractivity contribution >= 4 is 0 Å². The monoisotopic (exact) mass is 422 g/mol. The highest BCUT2D eigenvalue weighted by Gasteiger charge is 2.26. The van der Waals surface area contributed by atoms with Crippen LogP contribution in [-0.4, -0.2) is 0 Å². The van der Waals surface area contributed by atoms with E-state index in [0.717, 1.165) is 0 Å². The van der Waals surface area contributed by atoms with Crippen LogP contribution in [0.3, 0.4) is 0 Å². The molecule has 3 rings (SSSR count). The maximum absolute atomic E-state index is 4.43. The van der Waals surface area contributed by atoms with Crippen LogP contribution < -0.4 is 0 Å². The van der Waals surface area contributed by atoms with Gasteiger partial charge in [0.05, 0.1) is 0 Å². The molecule has 0 saturated carbocycles. The highest BCUT2D eigenvalue weighted by molar-refractivity contribution is 5.57. The van der Waals surface area contributed by atoms with Gasteiger partial charge in [-0.25, -0.2) is 0 Å². The minimum atomic E-state index is 0.180. The summed E-state index contributed by atoms with van der Waals surface area (Å²) in [6, 6.07) is 18.0. The highest BCUT2D eigenvalue weighted by atomic mass is 14.3. The van der Waals surface area contributed by atoms with Crippen molar-refractivity contribution in [2.45, 2.75) is 67.2 Å². The van der Waals surface area contributed by atoms with Crippen LogP contribution >= 0.6 is 0 Å². The normalized spacial score (nSPS) is 13.0. The van der Waals surface area contributed by atoms with Crippen LogP contribution in [-0.2, 0) is 0 Å². The Morgan fingerprint density at radius 2 is 1.09 bits per heavy atom. The third-order valence-electron chi connectivity index (χ3n) is 6.93. The predicted molar refractivity (Wildman–Crippen MR) is 141 cm³/mol. The molecule has 0 aliphatic heterocycles. The van der Waals surface area contributed by atoms with E-state index in [2.05, 4.69) is 117 Å². The van der Waals surface area contributed by atoms with E-state index in [-0.39, 0.29) is 11.8 Å². The summed E-state index contributed by atoms with van der Waals surface area (Å²) in [6.07, 6.45) is 0. The molecule has 32 heavy (non-hydrogen) atoms. The molecular weight excluding hydrogens is 384 g/mol. The molecule has 0 aliphatic carbocycles. The Bertz CT molecular complexity index is 1170. The summed E-state index contributed by atoms with van der Waals surface area (Å²) in [5.41, 5.74) is 15.8. The summed E-state index contributed by atoms with van der Waals surface area (Å²) in [5.74, 6) is 0.361. The molecule has 0 aromatic heterocycles. The van der Waals surface area contributed by atoms with Crippen molar-refractivity contribution in [1.82, 2.24) is 0 Å². The van der Waals surface area contributed by atoms with Gasteiger partial charge in [0, 0.05) is 11.8 Å². The first-order valence-corrected chi connectivity index (χ1v) is 11.6. The van der Waals surface area contributed by atoms with Gasteiger partial charge >= 0.3 is 0 Å². The van der Waals surface area contributed by atoms with Crippen molar-refractivity contribution in [3.8, 4) is 0 Å². The lowest BCUT2D eigenvalue weighted by Crippen LogP contribution is -2.14. The van der Waals surface area contributed by atoms with Crippen molar-refractivity contribution < 1.29 is 0 Å². The summed E-state index contributed by atoms with van der Waals surface area (Å²) < 4.78 is 0. The molecular formula is C32H38. The first-order chi connectivity index (χ1) is 15.0. The molecule has 3 aromatic rings. The van der Waals surface area contributed by atoms with Crippen molar-refractivity contribution in [1.29, 1.82) is 0 Å². The van der Waals surface area contributed by atoms with E-state index >= 15 is 0 Å². The van der Waals surface area contributed by atoms with Crippen molar-refractivity contribution in [3.63, 3.8) is 0 Å². The van der Waals surface area contributed by atoms with E-state index in [9.17, 15) is 0 Å². The Morgan fingerprint density at radius 1 is 0.594 bits per heavy atom. The van der Waals surface area contributed by atoms with Gasteiger partial charge in [-0.1, -0.05) is 78.4 Å². The van der Waals surface area contributed by atoms with Crippen molar-refractivity contribution in [3.05, 3.63) is 128 Å². The molecule has 0 N–H and O–H groups in total. The number of hydrogen-bond acceptors (Lipinski definition) is 0. The van der Waals surface area contributed by atoms with E-state index in [4.69, 9.17) is 0 Å². The van der Waals surface area contributed by atoms with Gasteiger partial charge in [-0.3, -0.25) is 0 Å². The average molecular weight is 423 g/mol. The first-order valence-electron chi connectivity index (χ1n) is 11.6. The van der Waals surface area contributed by atoms with E-state index < -0.39 is 0 Å². The molecule has 3 aromatic carbocycles. The van der Waals surface area contributed by atoms with Crippen molar-refractivity contribution in [2.24, 2.45) is 0 Å². The molecule has 0 aliphatic rings. The minimum absolute atomic E-state index is 0.180. The molecule has 0 bridgehead atoms. The van der Waals surface area contributed by atoms with Gasteiger partial charge in [-0.05, 0) is 105 Å². The van der Waals surface area contributed by atoms with Crippen LogP contribution in [0, 0.1) is 41.5 Å². The Kier molecular flexibility index (Phi) is 6.94. The number of hydrogen-bond donors (Lipinski definition) is 0. The lowest BCUT2D eigenvalue weighted by Gasteiger charge is -2.30. The second kappa shape index (κ2) is 9.33. The molecule has 0 radical (unpaired) electrons. The number of benzene rings is 3. The molecule has 0 heteroatoms. The molecule has 2 atom stereocenters. The van der Waals surface area contributed by atoms with Gasteiger partial charge in [0.15, 0.2) is 0 Å². The van der Waals surface area contributed by atoms with Gasteiger partial charge < -0.3 is 0 Å². The van der Waals surface area contributed by atoms with Crippen LogP contribution in [0.5, 0.6) is 0 Å². The standard InChI is InChI=1S/C32H38/c1-19(2)29(27-16-14-21(5)18-25(27)9)32-24(8)15-17-28(26(32)10)30(20(3)4)31-22(6)12-11-13-23(31)7/h11-18,29-30H,1,3H2,2,4-10H3. The Hall–Kier alpha value is -2.86. The molecule has 0 fully saturated rings. The van der Waals surface area contributed by atoms with Gasteiger partial charge in [-0.15, -0.1) is 0 Å². The lowest BCUT2D eigenvalue weighted by atomic mass is 9.74. The molecule has 0 saturated heterocycles. The van der Waals surface area contributed by atoms with Crippen LogP contribution in [0.1, 0.15) is 81.3 Å². The third kappa shape index (κ3) is 4.37. The summed E-state index contributed by atoms with van der Waals surface area (Å²) in [6.45, 7) is 26.5. The SMILES string of the molecule is C=C(C)C(c1ccc(C)c(C(C(=C)C)c2ccc(C)cc2C)c1C)c1c(C)cccc1C. The van der Waals surface area contributed by atoms with Gasteiger partial charge in [0.1, 0.15) is 0 Å². The van der Waals surface area contributed by atoms with E-state index in [0.29, 0.717) is 0 Å². The van der Waals surface area contributed by atoms with Crippen molar-refractivity contribution in [2.75, 3.05) is 0 Å². The second-order valence-electron chi connectivity index (χ2n) is 9.73. The molecule has 166 valence electrons. The number of allylic oxidation sites excluding steroid dienone is 2. The van der Waals surface area contributed by atoms with Crippen LogP contribution in [0.2, 0.25) is 0 Å². The summed E-state index contributed by atoms with van der Waals surface area (Å²) in [7, 11) is 0. The zero-order valence-corrected chi connectivity index (χ0v) is 21.2. The Morgan fingerprint density at radius 3 is 1.62 bits per heavy atom. The maximum atomic E-state index is 4.43. The Balaban J connectivity index is 2.30. The second-order valence-corrected chi connectivity index (χ2v) is 9.73. The number of rotatable bonds is 6. The molecule has 0 nitrogen and oxygen atoms in total. The lowest BCUT2D eigenvalue weighted by molar-refractivity contribution is 0.873. The zero-order chi connectivity index (χ0) is 23.7. The van der Waals surface area contributed by atoms with Crippen LogP contribution in [0.15, 0.2) is 72.8 Å². The van der Waals surface area contributed by atoms with Crippen LogP contribution in [0.25, 0.3) is 0 Å². The Labute approximate surface area is 195 Å². The van der Waals surface area contributed by atoms with E-state index in [1.807, 2.05) is 0 Å². The fourth-order valence-corrected chi connectivity index (χ4v) is 5.40. The van der Waals surface area contributed by atoms with E-state index in [1.165, 1.54) is 66.8 Å². The topological polar surface area (TPSA) is 0 Å². The molecule has 2 unspecified atom stereocenters. The molecule has 0 heterocycles. The number of aryl methyl sites for hydroxylation is 5.